The Hall–Kier alpha value is -4.09. The monoisotopic (exact) mass is 423 g/mol. The number of furan rings is 1. The van der Waals surface area contributed by atoms with E-state index >= 15 is 0 Å². The number of carbonyl (C=O) groups is 1. The molecule has 150 valence electrons. The Balaban J connectivity index is 1.86. The summed E-state index contributed by atoms with van der Waals surface area (Å²) in [6.07, 6.45) is 1.25. The van der Waals surface area contributed by atoms with Crippen molar-refractivity contribution in [3.63, 3.8) is 0 Å². The molecule has 3 rings (SSSR count). The molecule has 0 aliphatic rings. The number of nitrogens with zero attached hydrogens (tertiary/aromatic N) is 2. The van der Waals surface area contributed by atoms with Crippen LogP contribution in [0.5, 0.6) is 5.75 Å². The maximum absolute atomic E-state index is 12.4. The standard InChI is InChI=1S/C21H14ClN3O5/c1-29-16-4-2-3-15(11-16)24-21(26)13(12-23)9-17-6-8-20(30-17)18-7-5-14(22)10-19(18)25(27)28/h2-11H,1H3,(H,24,26)/b13-9+. The summed E-state index contributed by atoms with van der Waals surface area (Å²) in [5.74, 6) is 0.304. The molecule has 0 aliphatic heterocycles. The highest BCUT2D eigenvalue weighted by Crippen LogP contribution is 2.33. The second-order valence-electron chi connectivity index (χ2n) is 5.98. The molecule has 1 N–H and O–H groups in total. The third-order valence-corrected chi connectivity index (χ3v) is 4.26. The van der Waals surface area contributed by atoms with Gasteiger partial charge in [0.1, 0.15) is 28.9 Å². The largest absolute Gasteiger partial charge is 0.497 e. The molecule has 3 aromatic rings. The fraction of sp³-hybridized carbons (Fsp3) is 0.0476. The van der Waals surface area contributed by atoms with Crippen molar-refractivity contribution in [1.29, 1.82) is 5.26 Å². The number of amides is 1. The Bertz CT molecular complexity index is 1190. The van der Waals surface area contributed by atoms with Crippen LogP contribution >= 0.6 is 11.6 Å². The molecule has 0 atom stereocenters. The SMILES string of the molecule is COc1cccc(NC(=O)/C(C#N)=C/c2ccc(-c3ccc(Cl)cc3[N+](=O)[O-])o2)c1. The van der Waals surface area contributed by atoms with Crippen LogP contribution in [0, 0.1) is 21.4 Å². The van der Waals surface area contributed by atoms with Gasteiger partial charge in [0.25, 0.3) is 11.6 Å². The van der Waals surface area contributed by atoms with Crippen molar-refractivity contribution >= 4 is 35.0 Å². The molecule has 0 unspecified atom stereocenters. The van der Waals surface area contributed by atoms with E-state index in [0.717, 1.165) is 0 Å². The normalized spacial score (nSPS) is 10.9. The number of hydrogen-bond acceptors (Lipinski definition) is 6. The predicted molar refractivity (Wildman–Crippen MR) is 111 cm³/mol. The molecule has 2 aromatic carbocycles. The third kappa shape index (κ3) is 4.66. The van der Waals surface area contributed by atoms with Gasteiger partial charge in [-0.2, -0.15) is 5.26 Å². The van der Waals surface area contributed by atoms with Crippen molar-refractivity contribution in [3.05, 3.63) is 81.1 Å². The zero-order chi connectivity index (χ0) is 21.7. The van der Waals surface area contributed by atoms with Crippen molar-refractivity contribution in [1.82, 2.24) is 0 Å². The fourth-order valence-corrected chi connectivity index (χ4v) is 2.80. The van der Waals surface area contributed by atoms with Crippen LogP contribution < -0.4 is 10.1 Å². The van der Waals surface area contributed by atoms with Crippen LogP contribution in [0.25, 0.3) is 17.4 Å². The molecule has 30 heavy (non-hydrogen) atoms. The lowest BCUT2D eigenvalue weighted by molar-refractivity contribution is -0.384. The summed E-state index contributed by atoms with van der Waals surface area (Å²) in [5, 5.41) is 23.5. The van der Waals surface area contributed by atoms with E-state index in [2.05, 4.69) is 5.32 Å². The van der Waals surface area contributed by atoms with Crippen LogP contribution in [0.2, 0.25) is 5.02 Å². The Morgan fingerprint density at radius 1 is 1.27 bits per heavy atom. The summed E-state index contributed by atoms with van der Waals surface area (Å²) in [6.45, 7) is 0. The molecule has 9 heteroatoms. The molecule has 1 aromatic heterocycles. The molecule has 0 spiro atoms. The van der Waals surface area contributed by atoms with Crippen LogP contribution in [0.3, 0.4) is 0 Å². The summed E-state index contributed by atoms with van der Waals surface area (Å²) >= 11 is 5.83. The first kappa shape index (κ1) is 20.6. The Morgan fingerprint density at radius 3 is 2.77 bits per heavy atom. The van der Waals surface area contributed by atoms with Gasteiger partial charge in [-0.25, -0.2) is 0 Å². The van der Waals surface area contributed by atoms with Gasteiger partial charge < -0.3 is 14.5 Å². The number of nitriles is 1. The fourth-order valence-electron chi connectivity index (χ4n) is 2.63. The number of ether oxygens (including phenoxy) is 1. The summed E-state index contributed by atoms with van der Waals surface area (Å²) in [5.41, 5.74) is 0.258. The van der Waals surface area contributed by atoms with Gasteiger partial charge in [-0.15, -0.1) is 0 Å². The number of methoxy groups -OCH3 is 1. The third-order valence-electron chi connectivity index (χ3n) is 4.03. The number of nitro groups is 1. The van der Waals surface area contributed by atoms with Gasteiger partial charge in [-0.1, -0.05) is 17.7 Å². The van der Waals surface area contributed by atoms with Crippen LogP contribution in [0.1, 0.15) is 5.76 Å². The Labute approximate surface area is 176 Å². The molecule has 1 heterocycles. The van der Waals surface area contributed by atoms with Crippen molar-refractivity contribution in [2.45, 2.75) is 0 Å². The van der Waals surface area contributed by atoms with Gasteiger partial charge in [-0.05, 0) is 36.4 Å². The van der Waals surface area contributed by atoms with Crippen LogP contribution in [0.15, 0.2) is 64.6 Å². The van der Waals surface area contributed by atoms with Gasteiger partial charge in [0.2, 0.25) is 0 Å². The Kier molecular flexibility index (Phi) is 6.15. The van der Waals surface area contributed by atoms with E-state index < -0.39 is 10.8 Å². The maximum Gasteiger partial charge on any atom is 0.281 e. The Morgan fingerprint density at radius 2 is 2.07 bits per heavy atom. The molecule has 8 nitrogen and oxygen atoms in total. The first-order valence-corrected chi connectivity index (χ1v) is 8.90. The highest BCUT2D eigenvalue weighted by molar-refractivity contribution is 6.30. The lowest BCUT2D eigenvalue weighted by Crippen LogP contribution is -2.13. The summed E-state index contributed by atoms with van der Waals surface area (Å²) in [7, 11) is 1.50. The predicted octanol–water partition coefficient (Wildman–Crippen LogP) is 5.06. The molecule has 1 amide bonds. The highest BCUT2D eigenvalue weighted by Gasteiger charge is 2.19. The molecular weight excluding hydrogens is 410 g/mol. The number of benzene rings is 2. The molecule has 0 bridgehead atoms. The number of halogens is 1. The van der Waals surface area contributed by atoms with Crippen LogP contribution in [-0.4, -0.2) is 17.9 Å². The lowest BCUT2D eigenvalue weighted by atomic mass is 10.1. The van der Waals surface area contributed by atoms with Crippen molar-refractivity contribution in [3.8, 4) is 23.1 Å². The second kappa shape index (κ2) is 8.94. The van der Waals surface area contributed by atoms with E-state index in [1.165, 1.54) is 43.5 Å². The topological polar surface area (TPSA) is 118 Å². The van der Waals surface area contributed by atoms with E-state index in [-0.39, 0.29) is 33.4 Å². The average Bonchev–Trinajstić information content (AvgIpc) is 3.20. The van der Waals surface area contributed by atoms with Gasteiger partial charge in [0.05, 0.1) is 17.6 Å². The number of nitrogens with one attached hydrogen (secondary N) is 1. The summed E-state index contributed by atoms with van der Waals surface area (Å²) < 4.78 is 10.7. The number of hydrogen-bond donors (Lipinski definition) is 1. The minimum atomic E-state index is -0.638. The quantitative estimate of drug-likeness (QED) is 0.256. The molecular formula is C21H14ClN3O5. The first-order valence-electron chi connectivity index (χ1n) is 8.52. The van der Waals surface area contributed by atoms with Crippen molar-refractivity contribution in [2.75, 3.05) is 12.4 Å². The number of anilines is 1. The zero-order valence-corrected chi connectivity index (χ0v) is 16.3. The average molecular weight is 424 g/mol. The van der Waals surface area contributed by atoms with E-state index in [0.29, 0.717) is 11.4 Å². The molecule has 0 saturated carbocycles. The molecule has 0 fully saturated rings. The smallest absolute Gasteiger partial charge is 0.281 e. The molecule has 0 aliphatic carbocycles. The van der Waals surface area contributed by atoms with E-state index in [1.54, 1.807) is 24.3 Å². The summed E-state index contributed by atoms with van der Waals surface area (Å²) in [4.78, 5) is 23.1. The first-order chi connectivity index (χ1) is 14.4. The number of nitro benzene ring substituents is 1. The molecule has 0 radical (unpaired) electrons. The second-order valence-corrected chi connectivity index (χ2v) is 6.41. The van der Waals surface area contributed by atoms with E-state index in [9.17, 15) is 20.2 Å². The minimum Gasteiger partial charge on any atom is -0.497 e. The number of rotatable bonds is 6. The lowest BCUT2D eigenvalue weighted by Gasteiger charge is -2.06. The van der Waals surface area contributed by atoms with E-state index in [1.807, 2.05) is 6.07 Å². The highest BCUT2D eigenvalue weighted by atomic mass is 35.5. The molecule has 0 saturated heterocycles. The van der Waals surface area contributed by atoms with Crippen molar-refractivity contribution in [2.24, 2.45) is 0 Å². The van der Waals surface area contributed by atoms with E-state index in [4.69, 9.17) is 20.8 Å². The van der Waals surface area contributed by atoms with Gasteiger partial charge in [0.15, 0.2) is 0 Å². The van der Waals surface area contributed by atoms with Gasteiger partial charge >= 0.3 is 0 Å². The summed E-state index contributed by atoms with van der Waals surface area (Å²) in [6, 6.07) is 15.7. The maximum atomic E-state index is 12.4. The number of carbonyl (C=O) groups excluding carboxylic acids is 1. The van der Waals surface area contributed by atoms with Crippen LogP contribution in [-0.2, 0) is 4.79 Å². The van der Waals surface area contributed by atoms with Gasteiger partial charge in [0, 0.05) is 28.9 Å². The zero-order valence-electron chi connectivity index (χ0n) is 15.6. The van der Waals surface area contributed by atoms with Gasteiger partial charge in [-0.3, -0.25) is 14.9 Å². The van der Waals surface area contributed by atoms with Crippen molar-refractivity contribution < 1.29 is 18.9 Å². The minimum absolute atomic E-state index is 0.187. The van der Waals surface area contributed by atoms with Crippen LogP contribution in [0.4, 0.5) is 11.4 Å².